The van der Waals surface area contributed by atoms with Crippen molar-refractivity contribution in [3.05, 3.63) is 76.6 Å². The number of aromatic nitrogens is 5. The standard InChI is InChI=1S/C21H16ClN7O2/c1-27-12-25-18-17(27)20(30)29(16-8-5-14(22)11-24-16)19(26-18)13-3-6-15(7-4-13)28-10-2-9-23-21(28)31/h2-8,10-12H,9H2,1H3,(H,23,31). The summed E-state index contributed by atoms with van der Waals surface area (Å²) in [7, 11) is 1.74. The summed E-state index contributed by atoms with van der Waals surface area (Å²) in [6.45, 7) is 0.502. The fourth-order valence-corrected chi connectivity index (χ4v) is 3.55. The summed E-state index contributed by atoms with van der Waals surface area (Å²) in [6.07, 6.45) is 6.60. The molecule has 10 heteroatoms. The lowest BCUT2D eigenvalue weighted by atomic mass is 10.1. The van der Waals surface area contributed by atoms with Crippen molar-refractivity contribution in [3.8, 4) is 17.2 Å². The van der Waals surface area contributed by atoms with Crippen molar-refractivity contribution in [2.24, 2.45) is 7.05 Å². The van der Waals surface area contributed by atoms with Crippen molar-refractivity contribution in [1.29, 1.82) is 0 Å². The van der Waals surface area contributed by atoms with Crippen molar-refractivity contribution in [1.82, 2.24) is 29.4 Å². The van der Waals surface area contributed by atoms with Gasteiger partial charge < -0.3 is 9.88 Å². The van der Waals surface area contributed by atoms with Gasteiger partial charge in [0.05, 0.1) is 17.0 Å². The number of aryl methyl sites for hydroxylation is 1. The Labute approximate surface area is 181 Å². The number of carbonyl (C=O) groups excluding carboxylic acids is 1. The first kappa shape index (κ1) is 19.0. The van der Waals surface area contributed by atoms with E-state index in [1.54, 1.807) is 60.5 Å². The molecule has 0 aliphatic carbocycles. The lowest BCUT2D eigenvalue weighted by Crippen LogP contribution is -2.39. The third kappa shape index (κ3) is 3.24. The van der Waals surface area contributed by atoms with Crippen LogP contribution in [0.3, 0.4) is 0 Å². The van der Waals surface area contributed by atoms with E-state index < -0.39 is 0 Å². The van der Waals surface area contributed by atoms with Crippen LogP contribution < -0.4 is 15.8 Å². The number of fused-ring (bicyclic) bond motifs is 1. The van der Waals surface area contributed by atoms with Gasteiger partial charge in [0.25, 0.3) is 5.56 Å². The van der Waals surface area contributed by atoms with Crippen LogP contribution in [0.25, 0.3) is 28.4 Å². The fourth-order valence-electron chi connectivity index (χ4n) is 3.44. The molecule has 3 aromatic heterocycles. The van der Waals surface area contributed by atoms with Crippen LogP contribution in [0.15, 0.2) is 66.0 Å². The minimum absolute atomic E-state index is 0.203. The molecule has 0 spiro atoms. The summed E-state index contributed by atoms with van der Waals surface area (Å²) < 4.78 is 3.06. The van der Waals surface area contributed by atoms with Gasteiger partial charge in [-0.2, -0.15) is 0 Å². The summed E-state index contributed by atoms with van der Waals surface area (Å²) >= 11 is 5.98. The average Bonchev–Trinajstić information content (AvgIpc) is 3.16. The molecule has 0 bridgehead atoms. The maximum Gasteiger partial charge on any atom is 0.326 e. The molecule has 0 saturated heterocycles. The zero-order chi connectivity index (χ0) is 21.5. The maximum atomic E-state index is 13.4. The van der Waals surface area contributed by atoms with E-state index in [1.807, 2.05) is 6.08 Å². The van der Waals surface area contributed by atoms with Gasteiger partial charge in [0.15, 0.2) is 17.0 Å². The van der Waals surface area contributed by atoms with Crippen LogP contribution in [0.2, 0.25) is 5.02 Å². The number of nitrogens with one attached hydrogen (secondary N) is 1. The molecule has 0 fully saturated rings. The van der Waals surface area contributed by atoms with Crippen LogP contribution in [0.5, 0.6) is 0 Å². The van der Waals surface area contributed by atoms with E-state index in [1.165, 1.54) is 15.7 Å². The Morgan fingerprint density at radius 3 is 2.58 bits per heavy atom. The molecule has 0 atom stereocenters. The Balaban J connectivity index is 1.69. The lowest BCUT2D eigenvalue weighted by Gasteiger charge is -2.22. The number of nitrogens with zero attached hydrogens (tertiary/aromatic N) is 6. The first-order valence-corrected chi connectivity index (χ1v) is 9.81. The molecule has 154 valence electrons. The Morgan fingerprint density at radius 1 is 1.06 bits per heavy atom. The number of rotatable bonds is 3. The van der Waals surface area contributed by atoms with Gasteiger partial charge in [0.1, 0.15) is 5.82 Å². The van der Waals surface area contributed by atoms with Crippen LogP contribution in [0.1, 0.15) is 0 Å². The van der Waals surface area contributed by atoms with E-state index in [2.05, 4.69) is 20.3 Å². The smallest absolute Gasteiger partial charge is 0.326 e. The number of benzene rings is 1. The average molecular weight is 434 g/mol. The Kier molecular flexibility index (Phi) is 4.52. The molecule has 0 saturated carbocycles. The highest BCUT2D eigenvalue weighted by molar-refractivity contribution is 6.30. The summed E-state index contributed by atoms with van der Waals surface area (Å²) in [5.41, 5.74) is 1.78. The van der Waals surface area contributed by atoms with Gasteiger partial charge in [-0.15, -0.1) is 0 Å². The second-order valence-corrected chi connectivity index (χ2v) is 7.36. The van der Waals surface area contributed by atoms with Crippen LogP contribution in [-0.4, -0.2) is 36.7 Å². The van der Waals surface area contributed by atoms with Crippen molar-refractivity contribution in [3.63, 3.8) is 0 Å². The molecule has 31 heavy (non-hydrogen) atoms. The van der Waals surface area contributed by atoms with Gasteiger partial charge in [-0.3, -0.25) is 9.69 Å². The van der Waals surface area contributed by atoms with Crippen LogP contribution in [-0.2, 0) is 7.05 Å². The first-order chi connectivity index (χ1) is 15.0. The number of carbonyl (C=O) groups is 1. The maximum absolute atomic E-state index is 13.4. The van der Waals surface area contributed by atoms with Crippen molar-refractivity contribution in [2.75, 3.05) is 11.4 Å². The minimum atomic E-state index is -0.294. The van der Waals surface area contributed by atoms with Gasteiger partial charge in [-0.1, -0.05) is 11.6 Å². The van der Waals surface area contributed by atoms with E-state index in [9.17, 15) is 9.59 Å². The quantitative estimate of drug-likeness (QED) is 0.535. The summed E-state index contributed by atoms with van der Waals surface area (Å²) in [5.74, 6) is 0.777. The molecule has 9 nitrogen and oxygen atoms in total. The number of imidazole rings is 1. The zero-order valence-electron chi connectivity index (χ0n) is 16.4. The zero-order valence-corrected chi connectivity index (χ0v) is 17.1. The minimum Gasteiger partial charge on any atom is -0.334 e. The van der Waals surface area contributed by atoms with E-state index in [0.717, 1.165) is 0 Å². The highest BCUT2D eigenvalue weighted by Gasteiger charge is 2.19. The molecule has 4 heterocycles. The molecule has 1 N–H and O–H groups in total. The summed E-state index contributed by atoms with van der Waals surface area (Å²) in [4.78, 5) is 40.1. The predicted octanol–water partition coefficient (Wildman–Crippen LogP) is 2.88. The number of anilines is 1. The predicted molar refractivity (Wildman–Crippen MR) is 117 cm³/mol. The monoisotopic (exact) mass is 433 g/mol. The van der Waals surface area contributed by atoms with E-state index in [0.29, 0.717) is 45.6 Å². The summed E-state index contributed by atoms with van der Waals surface area (Å²) in [6, 6.07) is 10.3. The van der Waals surface area contributed by atoms with Gasteiger partial charge in [-0.05, 0) is 42.5 Å². The number of amides is 2. The van der Waals surface area contributed by atoms with Gasteiger partial charge >= 0.3 is 6.03 Å². The van der Waals surface area contributed by atoms with Gasteiger partial charge in [-0.25, -0.2) is 24.3 Å². The molecule has 0 unspecified atom stereocenters. The molecule has 1 aliphatic heterocycles. The summed E-state index contributed by atoms with van der Waals surface area (Å²) in [5, 5.41) is 3.22. The largest absolute Gasteiger partial charge is 0.334 e. The third-order valence-electron chi connectivity index (χ3n) is 4.94. The molecule has 0 radical (unpaired) electrons. The SMILES string of the molecule is Cn1cnc2nc(-c3ccc(N4C=CCNC4=O)cc3)n(-c3ccc(Cl)cn3)c(=O)c21. The molecule has 2 amide bonds. The molecule has 1 aromatic carbocycles. The van der Waals surface area contributed by atoms with Crippen LogP contribution in [0.4, 0.5) is 10.5 Å². The first-order valence-electron chi connectivity index (χ1n) is 9.43. The van der Waals surface area contributed by atoms with Crippen molar-refractivity contribution >= 4 is 34.5 Å². The van der Waals surface area contributed by atoms with E-state index in [4.69, 9.17) is 11.6 Å². The van der Waals surface area contributed by atoms with E-state index >= 15 is 0 Å². The fraction of sp³-hybridized carbons (Fsp3) is 0.0952. The molecular weight excluding hydrogens is 418 g/mol. The third-order valence-corrected chi connectivity index (χ3v) is 5.16. The topological polar surface area (TPSA) is 97.9 Å². The molecule has 1 aliphatic rings. The van der Waals surface area contributed by atoms with E-state index in [-0.39, 0.29) is 11.6 Å². The van der Waals surface area contributed by atoms with Crippen molar-refractivity contribution in [2.45, 2.75) is 0 Å². The number of hydrogen-bond acceptors (Lipinski definition) is 5. The normalized spacial score (nSPS) is 13.6. The number of halogens is 1. The number of hydrogen-bond donors (Lipinski definition) is 1. The molecule has 5 rings (SSSR count). The molecular formula is C21H16ClN7O2. The number of urea groups is 1. The van der Waals surface area contributed by atoms with Crippen LogP contribution in [0, 0.1) is 0 Å². The lowest BCUT2D eigenvalue weighted by molar-refractivity contribution is 0.248. The van der Waals surface area contributed by atoms with Gasteiger partial charge in [0, 0.05) is 31.6 Å². The Morgan fingerprint density at radius 2 is 1.87 bits per heavy atom. The Hall–Kier alpha value is -3.98. The highest BCUT2D eigenvalue weighted by Crippen LogP contribution is 2.25. The Bertz CT molecular complexity index is 1390. The van der Waals surface area contributed by atoms with Crippen molar-refractivity contribution < 1.29 is 4.79 Å². The van der Waals surface area contributed by atoms with Crippen LogP contribution >= 0.6 is 11.6 Å². The second-order valence-electron chi connectivity index (χ2n) is 6.93. The molecule has 4 aromatic rings. The number of pyridine rings is 1. The second kappa shape index (κ2) is 7.37. The van der Waals surface area contributed by atoms with Gasteiger partial charge in [0.2, 0.25) is 0 Å². The highest BCUT2D eigenvalue weighted by atomic mass is 35.5.